The fourth-order valence-corrected chi connectivity index (χ4v) is 2.74. The van der Waals surface area contributed by atoms with Gasteiger partial charge in [0.25, 0.3) is 0 Å². The molecule has 0 saturated carbocycles. The van der Waals surface area contributed by atoms with E-state index in [0.717, 1.165) is 30.1 Å². The molecule has 2 N–H and O–H groups in total. The number of hydrogen-bond donors (Lipinski definition) is 2. The summed E-state index contributed by atoms with van der Waals surface area (Å²) in [5.41, 5.74) is 2.23. The summed E-state index contributed by atoms with van der Waals surface area (Å²) in [6.07, 6.45) is 1.08. The largest absolute Gasteiger partial charge is 0.395 e. The van der Waals surface area contributed by atoms with Crippen LogP contribution in [-0.4, -0.2) is 28.5 Å². The van der Waals surface area contributed by atoms with Crippen LogP contribution in [0, 0.1) is 0 Å². The molecular formula is C16H22N2OS. The first kappa shape index (κ1) is 15.1. The van der Waals surface area contributed by atoms with E-state index in [1.54, 1.807) is 11.8 Å². The smallest absolute Gasteiger partial charge is 0.130 e. The molecule has 0 aliphatic heterocycles. The average Bonchev–Trinajstić information content (AvgIpc) is 2.49. The van der Waals surface area contributed by atoms with Crippen LogP contribution in [0.1, 0.15) is 25.8 Å². The zero-order valence-electron chi connectivity index (χ0n) is 12.1. The van der Waals surface area contributed by atoms with Crippen molar-refractivity contribution >= 4 is 28.5 Å². The van der Waals surface area contributed by atoms with Crippen LogP contribution in [0.25, 0.3) is 10.9 Å². The van der Waals surface area contributed by atoms with Crippen molar-refractivity contribution in [1.29, 1.82) is 0 Å². The number of para-hydroxylation sites is 1. The molecule has 1 aromatic carbocycles. The van der Waals surface area contributed by atoms with E-state index in [1.807, 2.05) is 25.1 Å². The molecule has 4 heteroatoms. The van der Waals surface area contributed by atoms with Crippen molar-refractivity contribution in [2.45, 2.75) is 31.3 Å². The Balaban J connectivity index is 2.27. The molecule has 0 spiro atoms. The Morgan fingerprint density at radius 2 is 2.15 bits per heavy atom. The van der Waals surface area contributed by atoms with E-state index in [-0.39, 0.29) is 11.9 Å². The maximum absolute atomic E-state index is 9.14. The number of nitrogens with one attached hydrogen (secondary N) is 1. The van der Waals surface area contributed by atoms with Crippen molar-refractivity contribution in [2.75, 3.05) is 18.5 Å². The fraction of sp³-hybridized carbons (Fsp3) is 0.438. The second-order valence-corrected chi connectivity index (χ2v) is 6.35. The molecule has 0 saturated heterocycles. The van der Waals surface area contributed by atoms with Gasteiger partial charge in [-0.3, -0.25) is 0 Å². The molecular weight excluding hydrogens is 268 g/mol. The number of aliphatic hydroxyl groups is 1. The first-order valence-electron chi connectivity index (χ1n) is 7.09. The third kappa shape index (κ3) is 3.87. The highest BCUT2D eigenvalue weighted by atomic mass is 32.2. The third-order valence-electron chi connectivity index (χ3n) is 3.13. The summed E-state index contributed by atoms with van der Waals surface area (Å²) in [5, 5.41) is 14.0. The zero-order chi connectivity index (χ0) is 14.4. The Labute approximate surface area is 124 Å². The number of nitrogens with zero attached hydrogens (tertiary/aromatic N) is 1. The van der Waals surface area contributed by atoms with Crippen molar-refractivity contribution in [1.82, 2.24) is 4.98 Å². The van der Waals surface area contributed by atoms with Crippen molar-refractivity contribution < 1.29 is 5.11 Å². The normalized spacial score (nSPS) is 12.6. The molecule has 1 aromatic heterocycles. The van der Waals surface area contributed by atoms with Gasteiger partial charge in [0.15, 0.2) is 0 Å². The van der Waals surface area contributed by atoms with Gasteiger partial charge in [-0.05, 0) is 18.6 Å². The number of benzene rings is 1. The van der Waals surface area contributed by atoms with Gasteiger partial charge in [-0.1, -0.05) is 32.0 Å². The molecule has 2 rings (SSSR count). The number of anilines is 1. The number of pyridine rings is 1. The lowest BCUT2D eigenvalue weighted by Gasteiger charge is -2.13. The number of hydrogen-bond acceptors (Lipinski definition) is 4. The minimum absolute atomic E-state index is 0.212. The number of aromatic nitrogens is 1. The summed E-state index contributed by atoms with van der Waals surface area (Å²) in [6, 6.07) is 10.4. The van der Waals surface area contributed by atoms with Gasteiger partial charge in [0.2, 0.25) is 0 Å². The lowest BCUT2D eigenvalue weighted by Crippen LogP contribution is -2.07. The SMILES string of the molecule is CCCNc1nc2ccccc2cc1CSC(C)CO. The molecule has 0 amide bonds. The Morgan fingerprint density at radius 3 is 2.90 bits per heavy atom. The van der Waals surface area contributed by atoms with Crippen molar-refractivity contribution in [3.8, 4) is 0 Å². The van der Waals surface area contributed by atoms with E-state index in [4.69, 9.17) is 10.1 Å². The molecule has 1 heterocycles. The maximum atomic E-state index is 9.14. The van der Waals surface area contributed by atoms with Crippen LogP contribution in [0.4, 0.5) is 5.82 Å². The summed E-state index contributed by atoms with van der Waals surface area (Å²) < 4.78 is 0. The molecule has 0 aliphatic rings. The highest BCUT2D eigenvalue weighted by Crippen LogP contribution is 2.26. The number of thioether (sulfide) groups is 1. The zero-order valence-corrected chi connectivity index (χ0v) is 12.9. The van der Waals surface area contributed by atoms with Crippen LogP contribution < -0.4 is 5.32 Å². The van der Waals surface area contributed by atoms with Gasteiger partial charge >= 0.3 is 0 Å². The van der Waals surface area contributed by atoms with Crippen molar-refractivity contribution in [3.63, 3.8) is 0 Å². The second-order valence-electron chi connectivity index (χ2n) is 4.92. The van der Waals surface area contributed by atoms with Gasteiger partial charge in [-0.15, -0.1) is 0 Å². The molecule has 3 nitrogen and oxygen atoms in total. The molecule has 20 heavy (non-hydrogen) atoms. The van der Waals surface area contributed by atoms with Crippen LogP contribution in [0.15, 0.2) is 30.3 Å². The van der Waals surface area contributed by atoms with Gasteiger partial charge in [0.05, 0.1) is 12.1 Å². The second kappa shape index (κ2) is 7.50. The fourth-order valence-electron chi connectivity index (χ4n) is 1.95. The van der Waals surface area contributed by atoms with Gasteiger partial charge in [0, 0.05) is 28.5 Å². The van der Waals surface area contributed by atoms with Gasteiger partial charge in [-0.2, -0.15) is 11.8 Å². The standard InChI is InChI=1S/C16H22N2OS/c1-3-8-17-16-14(11-20-12(2)10-19)9-13-6-4-5-7-15(13)18-16/h4-7,9,12,19H,3,8,10-11H2,1-2H3,(H,17,18). The van der Waals surface area contributed by atoms with E-state index < -0.39 is 0 Å². The summed E-state index contributed by atoms with van der Waals surface area (Å²) in [6.45, 7) is 5.33. The van der Waals surface area contributed by atoms with Gasteiger partial charge < -0.3 is 10.4 Å². The molecule has 108 valence electrons. The van der Waals surface area contributed by atoms with Crippen molar-refractivity contribution in [3.05, 3.63) is 35.9 Å². The lowest BCUT2D eigenvalue weighted by molar-refractivity contribution is 0.300. The monoisotopic (exact) mass is 290 g/mol. The van der Waals surface area contributed by atoms with Crippen LogP contribution in [0.5, 0.6) is 0 Å². The van der Waals surface area contributed by atoms with E-state index in [2.05, 4.69) is 24.4 Å². The third-order valence-corrected chi connectivity index (χ3v) is 4.32. The molecule has 2 aromatic rings. The Morgan fingerprint density at radius 1 is 1.35 bits per heavy atom. The molecule has 0 bridgehead atoms. The van der Waals surface area contributed by atoms with E-state index >= 15 is 0 Å². The predicted octanol–water partition coefficient (Wildman–Crippen LogP) is 3.67. The van der Waals surface area contributed by atoms with Gasteiger partial charge in [-0.25, -0.2) is 4.98 Å². The van der Waals surface area contributed by atoms with Gasteiger partial charge in [0.1, 0.15) is 5.82 Å². The molecule has 1 unspecified atom stereocenters. The Hall–Kier alpha value is -1.26. The topological polar surface area (TPSA) is 45.2 Å². The number of rotatable bonds is 7. The number of fused-ring (bicyclic) bond motifs is 1. The van der Waals surface area contributed by atoms with Crippen LogP contribution in [-0.2, 0) is 5.75 Å². The van der Waals surface area contributed by atoms with E-state index in [1.165, 1.54) is 10.9 Å². The highest BCUT2D eigenvalue weighted by molar-refractivity contribution is 7.99. The summed E-state index contributed by atoms with van der Waals surface area (Å²) in [4.78, 5) is 4.73. The quantitative estimate of drug-likeness (QED) is 0.816. The lowest BCUT2D eigenvalue weighted by atomic mass is 10.1. The van der Waals surface area contributed by atoms with Crippen LogP contribution >= 0.6 is 11.8 Å². The summed E-state index contributed by atoms with van der Waals surface area (Å²) in [7, 11) is 0. The Kier molecular flexibility index (Phi) is 5.68. The molecule has 1 atom stereocenters. The van der Waals surface area contributed by atoms with Crippen molar-refractivity contribution in [2.24, 2.45) is 0 Å². The summed E-state index contributed by atoms with van der Waals surface area (Å²) >= 11 is 1.76. The van der Waals surface area contributed by atoms with Crippen LogP contribution in [0.2, 0.25) is 0 Å². The number of aliphatic hydroxyl groups excluding tert-OH is 1. The summed E-state index contributed by atoms with van der Waals surface area (Å²) in [5.74, 6) is 1.84. The first-order chi connectivity index (χ1) is 9.74. The molecule has 0 aliphatic carbocycles. The minimum Gasteiger partial charge on any atom is -0.395 e. The van der Waals surface area contributed by atoms with E-state index in [9.17, 15) is 0 Å². The van der Waals surface area contributed by atoms with Crippen LogP contribution in [0.3, 0.4) is 0 Å². The molecule has 0 radical (unpaired) electrons. The van der Waals surface area contributed by atoms with E-state index in [0.29, 0.717) is 0 Å². The first-order valence-corrected chi connectivity index (χ1v) is 8.14. The predicted molar refractivity (Wildman–Crippen MR) is 88.4 cm³/mol. The molecule has 0 fully saturated rings. The Bertz CT molecular complexity index is 559. The highest BCUT2D eigenvalue weighted by Gasteiger charge is 2.09. The average molecular weight is 290 g/mol. The maximum Gasteiger partial charge on any atom is 0.130 e. The minimum atomic E-state index is 0.212.